The van der Waals surface area contributed by atoms with Crippen LogP contribution >= 0.6 is 11.3 Å². The van der Waals surface area contributed by atoms with Crippen LogP contribution in [0.1, 0.15) is 28.9 Å². The van der Waals surface area contributed by atoms with Crippen LogP contribution in [0.4, 0.5) is 0 Å². The quantitative estimate of drug-likeness (QED) is 0.858. The average molecular weight is 300 g/mol. The summed E-state index contributed by atoms with van der Waals surface area (Å²) in [5, 5.41) is 18.7. The fourth-order valence-electron chi connectivity index (χ4n) is 1.72. The van der Waals surface area contributed by atoms with Crippen LogP contribution in [-0.2, 0) is 10.0 Å². The van der Waals surface area contributed by atoms with Gasteiger partial charge >= 0.3 is 5.97 Å². The number of hydrogen-bond donors (Lipinski definition) is 1. The SMILES string of the molecule is N#CCCN(C1CC1)S(=O)(=O)c1csc(C(=O)O)c1. The van der Waals surface area contributed by atoms with E-state index in [1.165, 1.54) is 15.8 Å². The molecule has 0 radical (unpaired) electrons. The van der Waals surface area contributed by atoms with E-state index in [1.807, 2.05) is 6.07 Å². The van der Waals surface area contributed by atoms with E-state index in [-0.39, 0.29) is 28.8 Å². The number of carboxylic acids is 1. The first-order valence-electron chi connectivity index (χ1n) is 5.67. The maximum atomic E-state index is 12.4. The maximum absolute atomic E-state index is 12.4. The Balaban J connectivity index is 2.28. The van der Waals surface area contributed by atoms with E-state index < -0.39 is 16.0 Å². The maximum Gasteiger partial charge on any atom is 0.345 e. The molecule has 0 amide bonds. The summed E-state index contributed by atoms with van der Waals surface area (Å²) in [7, 11) is -3.69. The van der Waals surface area contributed by atoms with Crippen LogP contribution in [0.25, 0.3) is 0 Å². The topological polar surface area (TPSA) is 98.5 Å². The number of carboxylic acid groups (broad SMARTS) is 1. The van der Waals surface area contributed by atoms with E-state index in [9.17, 15) is 13.2 Å². The van der Waals surface area contributed by atoms with Crippen LogP contribution in [0.3, 0.4) is 0 Å². The molecule has 102 valence electrons. The predicted octanol–water partition coefficient (Wildman–Crippen LogP) is 1.51. The highest BCUT2D eigenvalue weighted by Crippen LogP contribution is 2.33. The lowest BCUT2D eigenvalue weighted by Gasteiger charge is -2.19. The third kappa shape index (κ3) is 2.94. The molecule has 1 N–H and O–H groups in total. The molecule has 1 aliphatic rings. The largest absolute Gasteiger partial charge is 0.477 e. The highest BCUT2D eigenvalue weighted by molar-refractivity contribution is 7.89. The van der Waals surface area contributed by atoms with Crippen molar-refractivity contribution in [1.82, 2.24) is 4.31 Å². The normalized spacial score (nSPS) is 15.4. The van der Waals surface area contributed by atoms with E-state index in [1.54, 1.807) is 0 Å². The van der Waals surface area contributed by atoms with Gasteiger partial charge in [0.25, 0.3) is 0 Å². The minimum absolute atomic E-state index is 0.000241. The molecule has 0 aliphatic heterocycles. The second-order valence-corrected chi connectivity index (χ2v) is 7.01. The monoisotopic (exact) mass is 300 g/mol. The van der Waals surface area contributed by atoms with Gasteiger partial charge in [-0.3, -0.25) is 0 Å². The molecule has 1 saturated carbocycles. The number of sulfonamides is 1. The van der Waals surface area contributed by atoms with Gasteiger partial charge in [-0.05, 0) is 18.9 Å². The number of carbonyl (C=O) groups is 1. The van der Waals surface area contributed by atoms with Crippen molar-refractivity contribution in [3.8, 4) is 6.07 Å². The molecule has 1 aromatic heterocycles. The van der Waals surface area contributed by atoms with E-state index in [4.69, 9.17) is 10.4 Å². The first kappa shape index (κ1) is 14.0. The van der Waals surface area contributed by atoms with Crippen LogP contribution in [0.15, 0.2) is 16.3 Å². The molecule has 1 fully saturated rings. The average Bonchev–Trinajstić information content (AvgIpc) is 3.04. The fraction of sp³-hybridized carbons (Fsp3) is 0.455. The van der Waals surface area contributed by atoms with Crippen LogP contribution in [0.2, 0.25) is 0 Å². The van der Waals surface area contributed by atoms with Crippen LogP contribution in [0, 0.1) is 11.3 Å². The number of thiophene rings is 1. The van der Waals surface area contributed by atoms with Crippen LogP contribution < -0.4 is 0 Å². The Bertz CT molecular complexity index is 625. The Morgan fingerprint density at radius 2 is 2.26 bits per heavy atom. The molecule has 1 heterocycles. The molecule has 6 nitrogen and oxygen atoms in total. The number of aromatic carboxylic acids is 1. The molecule has 8 heteroatoms. The summed E-state index contributed by atoms with van der Waals surface area (Å²) in [6.45, 7) is 0.155. The van der Waals surface area contributed by atoms with Crippen molar-refractivity contribution in [2.24, 2.45) is 0 Å². The zero-order chi connectivity index (χ0) is 14.0. The second-order valence-electron chi connectivity index (χ2n) is 4.21. The molecule has 2 rings (SSSR count). The van der Waals surface area contributed by atoms with Crippen molar-refractivity contribution in [2.75, 3.05) is 6.54 Å². The smallest absolute Gasteiger partial charge is 0.345 e. The highest BCUT2D eigenvalue weighted by atomic mass is 32.2. The van der Waals surface area contributed by atoms with E-state index in [0.29, 0.717) is 0 Å². The summed E-state index contributed by atoms with van der Waals surface area (Å²) >= 11 is 0.888. The summed E-state index contributed by atoms with van der Waals surface area (Å²) in [5.41, 5.74) is 0. The summed E-state index contributed by atoms with van der Waals surface area (Å²) in [6.07, 6.45) is 1.72. The Labute approximate surface area is 114 Å². The predicted molar refractivity (Wildman–Crippen MR) is 68.4 cm³/mol. The second kappa shape index (κ2) is 5.28. The van der Waals surface area contributed by atoms with Gasteiger partial charge in [-0.25, -0.2) is 13.2 Å². The molecule has 0 unspecified atom stereocenters. The fourth-order valence-corrected chi connectivity index (χ4v) is 4.51. The van der Waals surface area contributed by atoms with Gasteiger partial charge in [-0.2, -0.15) is 9.57 Å². The minimum Gasteiger partial charge on any atom is -0.477 e. The highest BCUT2D eigenvalue weighted by Gasteiger charge is 2.38. The number of hydrogen-bond acceptors (Lipinski definition) is 5. The minimum atomic E-state index is -3.69. The summed E-state index contributed by atoms with van der Waals surface area (Å²) in [4.78, 5) is 10.8. The lowest BCUT2D eigenvalue weighted by atomic mass is 10.4. The van der Waals surface area contributed by atoms with Gasteiger partial charge in [-0.15, -0.1) is 11.3 Å². The molecule has 1 aromatic rings. The zero-order valence-electron chi connectivity index (χ0n) is 9.94. The summed E-state index contributed by atoms with van der Waals surface area (Å²) < 4.78 is 26.1. The Morgan fingerprint density at radius 1 is 1.58 bits per heavy atom. The molecule has 0 aromatic carbocycles. The van der Waals surface area contributed by atoms with E-state index in [0.717, 1.165) is 24.2 Å². The Morgan fingerprint density at radius 3 is 2.74 bits per heavy atom. The first-order valence-corrected chi connectivity index (χ1v) is 7.99. The van der Waals surface area contributed by atoms with Crippen molar-refractivity contribution in [2.45, 2.75) is 30.2 Å². The lowest BCUT2D eigenvalue weighted by Crippen LogP contribution is -2.33. The summed E-state index contributed by atoms with van der Waals surface area (Å²) in [5.74, 6) is -1.14. The third-order valence-corrected chi connectivity index (χ3v) is 5.79. The van der Waals surface area contributed by atoms with Crippen molar-refractivity contribution in [3.63, 3.8) is 0 Å². The zero-order valence-corrected chi connectivity index (χ0v) is 11.6. The lowest BCUT2D eigenvalue weighted by molar-refractivity contribution is 0.0702. The van der Waals surface area contributed by atoms with Crippen molar-refractivity contribution in [3.05, 3.63) is 16.3 Å². The van der Waals surface area contributed by atoms with Gasteiger partial charge in [0.2, 0.25) is 10.0 Å². The first-order chi connectivity index (χ1) is 8.96. The Kier molecular flexibility index (Phi) is 3.89. The van der Waals surface area contributed by atoms with Crippen molar-refractivity contribution in [1.29, 1.82) is 5.26 Å². The number of nitrogens with zero attached hydrogens (tertiary/aromatic N) is 2. The molecule has 19 heavy (non-hydrogen) atoms. The van der Waals surface area contributed by atoms with Gasteiger partial charge in [0.1, 0.15) is 4.88 Å². The van der Waals surface area contributed by atoms with Gasteiger partial charge in [0, 0.05) is 24.4 Å². The van der Waals surface area contributed by atoms with Gasteiger partial charge in [-0.1, -0.05) is 0 Å². The van der Waals surface area contributed by atoms with Gasteiger partial charge < -0.3 is 5.11 Å². The molecular formula is C11H12N2O4S2. The van der Waals surface area contributed by atoms with E-state index in [2.05, 4.69) is 0 Å². The van der Waals surface area contributed by atoms with E-state index >= 15 is 0 Å². The van der Waals surface area contributed by atoms with Crippen LogP contribution in [-0.4, -0.2) is 36.4 Å². The number of rotatable bonds is 6. The molecule has 1 aliphatic carbocycles. The third-order valence-electron chi connectivity index (χ3n) is 2.79. The van der Waals surface area contributed by atoms with Crippen molar-refractivity contribution >= 4 is 27.3 Å². The van der Waals surface area contributed by atoms with Crippen molar-refractivity contribution < 1.29 is 18.3 Å². The molecule has 0 saturated heterocycles. The van der Waals surface area contributed by atoms with Gasteiger partial charge in [0.05, 0.1) is 11.0 Å². The number of nitriles is 1. The summed E-state index contributed by atoms with van der Waals surface area (Å²) in [6, 6.07) is 3.05. The molecule has 0 spiro atoms. The molecule has 0 atom stereocenters. The van der Waals surface area contributed by atoms with Crippen LogP contribution in [0.5, 0.6) is 0 Å². The molecular weight excluding hydrogens is 288 g/mol. The molecule has 0 bridgehead atoms. The standard InChI is InChI=1S/C11H12N2O4S2/c12-4-1-5-13(8-2-3-8)19(16,17)9-6-10(11(14)15)18-7-9/h6-8H,1-3,5H2,(H,14,15). The Hall–Kier alpha value is -1.43. The van der Waals surface area contributed by atoms with Gasteiger partial charge in [0.15, 0.2) is 0 Å².